The largest absolute Gasteiger partial charge is 0.497 e. The molecule has 0 aliphatic rings. The quantitative estimate of drug-likeness (QED) is 0.356. The minimum Gasteiger partial charge on any atom is -0.497 e. The molecule has 5 nitrogen and oxygen atoms in total. The van der Waals surface area contributed by atoms with E-state index < -0.39 is 6.04 Å². The topological polar surface area (TPSA) is 58.6 Å². The lowest BCUT2D eigenvalue weighted by Crippen LogP contribution is -2.51. The van der Waals surface area contributed by atoms with Gasteiger partial charge in [0.2, 0.25) is 11.8 Å². The van der Waals surface area contributed by atoms with E-state index in [1.165, 1.54) is 11.8 Å². The summed E-state index contributed by atoms with van der Waals surface area (Å²) in [5.41, 5.74) is 2.96. The van der Waals surface area contributed by atoms with Gasteiger partial charge in [-0.1, -0.05) is 66.2 Å². The van der Waals surface area contributed by atoms with E-state index in [-0.39, 0.29) is 17.6 Å². The molecule has 0 aliphatic heterocycles. The molecule has 0 aromatic heterocycles. The number of ether oxygens (including phenoxy) is 1. The number of amides is 2. The van der Waals surface area contributed by atoms with Crippen LogP contribution >= 0.6 is 23.4 Å². The summed E-state index contributed by atoms with van der Waals surface area (Å²) in [6, 6.07) is 24.4. The second kappa shape index (κ2) is 13.8. The molecule has 3 aromatic carbocycles. The van der Waals surface area contributed by atoms with Crippen molar-refractivity contribution in [2.75, 3.05) is 19.4 Å². The van der Waals surface area contributed by atoms with Crippen LogP contribution in [0.5, 0.6) is 5.75 Å². The van der Waals surface area contributed by atoms with Crippen LogP contribution in [-0.2, 0) is 28.3 Å². The third-order valence-electron chi connectivity index (χ3n) is 5.49. The minimum absolute atomic E-state index is 0.0907. The first-order chi connectivity index (χ1) is 17.0. The van der Waals surface area contributed by atoms with Gasteiger partial charge in [-0.3, -0.25) is 9.59 Å². The first-order valence-electron chi connectivity index (χ1n) is 11.6. The van der Waals surface area contributed by atoms with Crippen LogP contribution in [0.2, 0.25) is 5.02 Å². The van der Waals surface area contributed by atoms with Crippen molar-refractivity contribution in [3.05, 3.63) is 101 Å². The average Bonchev–Trinajstić information content (AvgIpc) is 2.87. The van der Waals surface area contributed by atoms with Crippen LogP contribution < -0.4 is 10.1 Å². The van der Waals surface area contributed by atoms with Gasteiger partial charge in [0.05, 0.1) is 12.9 Å². The molecule has 0 saturated heterocycles. The van der Waals surface area contributed by atoms with E-state index in [9.17, 15) is 9.59 Å². The fourth-order valence-corrected chi connectivity index (χ4v) is 4.85. The summed E-state index contributed by atoms with van der Waals surface area (Å²) in [6.45, 7) is 2.68. The molecule has 1 N–H and O–H groups in total. The van der Waals surface area contributed by atoms with Gasteiger partial charge in [0.15, 0.2) is 0 Å². The summed E-state index contributed by atoms with van der Waals surface area (Å²) in [7, 11) is 1.61. The molecule has 3 aromatic rings. The fourth-order valence-electron chi connectivity index (χ4n) is 3.78. The standard InChI is InChI=1S/C28H31ClN2O3S/c1-3-30-28(33)26(17-21-9-5-4-6-10-21)31(18-22-11-8-14-25(16-22)34-2)27(32)20-35-19-23-12-7-13-24(29)15-23/h4-16,26H,3,17-20H2,1-2H3,(H,30,33). The van der Waals surface area contributed by atoms with Crippen LogP contribution in [-0.4, -0.2) is 42.2 Å². The third kappa shape index (κ3) is 8.34. The van der Waals surface area contributed by atoms with Crippen molar-refractivity contribution in [2.24, 2.45) is 0 Å². The number of benzene rings is 3. The maximum Gasteiger partial charge on any atom is 0.243 e. The van der Waals surface area contributed by atoms with E-state index in [0.717, 1.165) is 16.7 Å². The van der Waals surface area contributed by atoms with E-state index >= 15 is 0 Å². The first-order valence-corrected chi connectivity index (χ1v) is 13.1. The smallest absolute Gasteiger partial charge is 0.243 e. The molecule has 7 heteroatoms. The molecular weight excluding hydrogens is 480 g/mol. The van der Waals surface area contributed by atoms with E-state index in [2.05, 4.69) is 5.32 Å². The third-order valence-corrected chi connectivity index (χ3v) is 6.72. The Hall–Kier alpha value is -2.96. The monoisotopic (exact) mass is 510 g/mol. The Morgan fingerprint density at radius 2 is 1.69 bits per heavy atom. The molecule has 184 valence electrons. The molecule has 0 radical (unpaired) electrons. The molecule has 1 atom stereocenters. The molecule has 1 unspecified atom stereocenters. The van der Waals surface area contributed by atoms with Crippen molar-refractivity contribution in [1.82, 2.24) is 10.2 Å². The van der Waals surface area contributed by atoms with Crippen LogP contribution in [0, 0.1) is 0 Å². The lowest BCUT2D eigenvalue weighted by molar-refractivity contribution is -0.139. The summed E-state index contributed by atoms with van der Waals surface area (Å²) in [5.74, 6) is 1.37. The van der Waals surface area contributed by atoms with Crippen LogP contribution in [0.15, 0.2) is 78.9 Å². The van der Waals surface area contributed by atoms with E-state index in [0.29, 0.717) is 36.0 Å². The van der Waals surface area contributed by atoms with Crippen molar-refractivity contribution in [3.8, 4) is 5.75 Å². The van der Waals surface area contributed by atoms with Crippen molar-refractivity contribution in [3.63, 3.8) is 0 Å². The highest BCUT2D eigenvalue weighted by Gasteiger charge is 2.30. The number of nitrogens with zero attached hydrogens (tertiary/aromatic N) is 1. The number of hydrogen-bond acceptors (Lipinski definition) is 4. The molecular formula is C28H31ClN2O3S. The maximum absolute atomic E-state index is 13.6. The molecule has 0 spiro atoms. The molecule has 35 heavy (non-hydrogen) atoms. The predicted molar refractivity (Wildman–Crippen MR) is 144 cm³/mol. The molecule has 0 bridgehead atoms. The zero-order valence-corrected chi connectivity index (χ0v) is 21.6. The van der Waals surface area contributed by atoms with Crippen LogP contribution in [0.1, 0.15) is 23.6 Å². The number of carbonyl (C=O) groups excluding carboxylic acids is 2. The van der Waals surface area contributed by atoms with Gasteiger partial charge in [-0.05, 0) is 47.9 Å². The second-order valence-corrected chi connectivity index (χ2v) is 9.52. The molecule has 0 heterocycles. The number of hydrogen-bond donors (Lipinski definition) is 1. The lowest BCUT2D eigenvalue weighted by Gasteiger charge is -2.31. The highest BCUT2D eigenvalue weighted by Crippen LogP contribution is 2.21. The summed E-state index contributed by atoms with van der Waals surface area (Å²) < 4.78 is 5.36. The van der Waals surface area contributed by atoms with E-state index in [1.807, 2.05) is 85.8 Å². The van der Waals surface area contributed by atoms with E-state index in [1.54, 1.807) is 12.0 Å². The Morgan fingerprint density at radius 3 is 2.40 bits per heavy atom. The Morgan fingerprint density at radius 1 is 0.971 bits per heavy atom. The summed E-state index contributed by atoms with van der Waals surface area (Å²) in [6.07, 6.45) is 0.432. The molecule has 0 saturated carbocycles. The zero-order chi connectivity index (χ0) is 25.0. The molecule has 0 fully saturated rings. The van der Waals surface area contributed by atoms with Gasteiger partial charge in [0, 0.05) is 30.3 Å². The number of carbonyl (C=O) groups is 2. The van der Waals surface area contributed by atoms with E-state index in [4.69, 9.17) is 16.3 Å². The predicted octanol–water partition coefficient (Wildman–Crippen LogP) is 5.36. The van der Waals surface area contributed by atoms with Gasteiger partial charge in [-0.15, -0.1) is 11.8 Å². The highest BCUT2D eigenvalue weighted by molar-refractivity contribution is 7.99. The van der Waals surface area contributed by atoms with Gasteiger partial charge in [-0.2, -0.15) is 0 Å². The van der Waals surface area contributed by atoms with Gasteiger partial charge in [-0.25, -0.2) is 0 Å². The van der Waals surface area contributed by atoms with Crippen LogP contribution in [0.3, 0.4) is 0 Å². The Bertz CT molecular complexity index is 1110. The first kappa shape index (κ1) is 26.6. The Kier molecular flexibility index (Phi) is 10.5. The SMILES string of the molecule is CCNC(=O)C(Cc1ccccc1)N(Cc1cccc(OC)c1)C(=O)CSCc1cccc(Cl)c1. The van der Waals surface area contributed by atoms with Gasteiger partial charge in [0.1, 0.15) is 11.8 Å². The zero-order valence-electron chi connectivity index (χ0n) is 20.1. The minimum atomic E-state index is -0.636. The molecule has 2 amide bonds. The summed E-state index contributed by atoms with van der Waals surface area (Å²) in [4.78, 5) is 28.4. The highest BCUT2D eigenvalue weighted by atomic mass is 35.5. The summed E-state index contributed by atoms with van der Waals surface area (Å²) >= 11 is 7.61. The number of nitrogens with one attached hydrogen (secondary N) is 1. The molecule has 3 rings (SSSR count). The number of rotatable bonds is 12. The van der Waals surface area contributed by atoms with Crippen LogP contribution in [0.25, 0.3) is 0 Å². The van der Waals surface area contributed by atoms with Crippen molar-refractivity contribution >= 4 is 35.2 Å². The Balaban J connectivity index is 1.84. The fraction of sp³-hybridized carbons (Fsp3) is 0.286. The normalized spacial score (nSPS) is 11.5. The number of likely N-dealkylation sites (N-methyl/N-ethyl adjacent to an activating group) is 1. The van der Waals surface area contributed by atoms with Crippen molar-refractivity contribution in [2.45, 2.75) is 31.7 Å². The van der Waals surface area contributed by atoms with Crippen LogP contribution in [0.4, 0.5) is 0 Å². The lowest BCUT2D eigenvalue weighted by atomic mass is 10.0. The van der Waals surface area contributed by atoms with Crippen molar-refractivity contribution < 1.29 is 14.3 Å². The number of thioether (sulfide) groups is 1. The average molecular weight is 511 g/mol. The van der Waals surface area contributed by atoms with Gasteiger partial charge in [0.25, 0.3) is 0 Å². The van der Waals surface area contributed by atoms with Gasteiger partial charge < -0.3 is 15.0 Å². The molecule has 0 aliphatic carbocycles. The number of halogens is 1. The van der Waals surface area contributed by atoms with Gasteiger partial charge >= 0.3 is 0 Å². The summed E-state index contributed by atoms with van der Waals surface area (Å²) in [5, 5.41) is 3.59. The number of methoxy groups -OCH3 is 1. The Labute approximate surface area is 216 Å². The van der Waals surface area contributed by atoms with Crippen molar-refractivity contribution in [1.29, 1.82) is 0 Å². The second-order valence-electron chi connectivity index (χ2n) is 8.10. The maximum atomic E-state index is 13.6.